The summed E-state index contributed by atoms with van der Waals surface area (Å²) in [7, 11) is 0. The summed E-state index contributed by atoms with van der Waals surface area (Å²) in [6, 6.07) is 0. The van der Waals surface area contributed by atoms with Crippen LogP contribution in [0.5, 0.6) is 0 Å². The molecule has 0 bridgehead atoms. The maximum absolute atomic E-state index is 6.14. The quantitative estimate of drug-likeness (QED) is 0.419. The molecular weight excluding hydrogens is 315 g/mol. The van der Waals surface area contributed by atoms with Crippen molar-refractivity contribution in [3.05, 3.63) is 0 Å². The molecular formula is C13H23IO2. The van der Waals surface area contributed by atoms with Gasteiger partial charge in [0.2, 0.25) is 0 Å². The summed E-state index contributed by atoms with van der Waals surface area (Å²) < 4.78 is 12.9. The van der Waals surface area contributed by atoms with Gasteiger partial charge in [-0.25, -0.2) is 0 Å². The summed E-state index contributed by atoms with van der Waals surface area (Å²) in [5, 5.41) is 0. The van der Waals surface area contributed by atoms with Crippen molar-refractivity contribution in [3.8, 4) is 0 Å². The highest BCUT2D eigenvalue weighted by Gasteiger charge is 2.34. The van der Waals surface area contributed by atoms with Crippen LogP contribution in [-0.4, -0.2) is 29.3 Å². The molecule has 0 radical (unpaired) electrons. The van der Waals surface area contributed by atoms with Crippen LogP contribution in [0.25, 0.3) is 0 Å². The SMILES string of the molecule is CC1CCCC(CI)(OCCOC2CC2)C1. The molecule has 0 aromatic carbocycles. The molecule has 0 amide bonds. The third kappa shape index (κ3) is 3.84. The second kappa shape index (κ2) is 6.01. The van der Waals surface area contributed by atoms with Crippen LogP contribution >= 0.6 is 22.6 Å². The minimum atomic E-state index is 0.158. The zero-order valence-electron chi connectivity index (χ0n) is 10.2. The first-order valence-corrected chi connectivity index (χ1v) is 8.08. The molecule has 0 aromatic rings. The Balaban J connectivity index is 1.69. The second-order valence-electron chi connectivity index (χ2n) is 5.44. The summed E-state index contributed by atoms with van der Waals surface area (Å²) in [5.41, 5.74) is 0.158. The number of ether oxygens (including phenoxy) is 2. The molecule has 0 aromatic heterocycles. The van der Waals surface area contributed by atoms with Crippen LogP contribution in [0.15, 0.2) is 0 Å². The van der Waals surface area contributed by atoms with E-state index in [1.54, 1.807) is 0 Å². The van der Waals surface area contributed by atoms with Gasteiger partial charge < -0.3 is 9.47 Å². The molecule has 2 aliphatic rings. The van der Waals surface area contributed by atoms with Crippen LogP contribution in [0, 0.1) is 5.92 Å². The first kappa shape index (κ1) is 13.1. The lowest BCUT2D eigenvalue weighted by Gasteiger charge is -2.38. The summed E-state index contributed by atoms with van der Waals surface area (Å²) in [6.45, 7) is 3.92. The summed E-state index contributed by atoms with van der Waals surface area (Å²) in [5.74, 6) is 0.827. The molecule has 2 atom stereocenters. The van der Waals surface area contributed by atoms with Crippen LogP contribution in [0.4, 0.5) is 0 Å². The molecule has 2 fully saturated rings. The van der Waals surface area contributed by atoms with Gasteiger partial charge in [0.25, 0.3) is 0 Å². The van der Waals surface area contributed by atoms with Crippen molar-refractivity contribution in [1.82, 2.24) is 0 Å². The molecule has 0 aliphatic heterocycles. The van der Waals surface area contributed by atoms with Crippen molar-refractivity contribution in [2.45, 2.75) is 57.2 Å². The third-order valence-electron chi connectivity index (χ3n) is 3.66. The average Bonchev–Trinajstić information content (AvgIpc) is 3.08. The topological polar surface area (TPSA) is 18.5 Å². The Hall–Kier alpha value is 0.650. The van der Waals surface area contributed by atoms with Gasteiger partial charge >= 0.3 is 0 Å². The highest BCUT2D eigenvalue weighted by molar-refractivity contribution is 14.1. The van der Waals surface area contributed by atoms with Crippen molar-refractivity contribution in [3.63, 3.8) is 0 Å². The number of hydrogen-bond donors (Lipinski definition) is 0. The van der Waals surface area contributed by atoms with Crippen molar-refractivity contribution < 1.29 is 9.47 Å². The van der Waals surface area contributed by atoms with Gasteiger partial charge in [-0.1, -0.05) is 42.4 Å². The molecule has 16 heavy (non-hydrogen) atoms. The van der Waals surface area contributed by atoms with Gasteiger partial charge in [-0.15, -0.1) is 0 Å². The van der Waals surface area contributed by atoms with Crippen LogP contribution < -0.4 is 0 Å². The van der Waals surface area contributed by atoms with E-state index in [4.69, 9.17) is 9.47 Å². The summed E-state index contributed by atoms with van der Waals surface area (Å²) >= 11 is 2.48. The van der Waals surface area contributed by atoms with Crippen LogP contribution in [-0.2, 0) is 9.47 Å². The van der Waals surface area contributed by atoms with Crippen LogP contribution in [0.2, 0.25) is 0 Å². The normalized spacial score (nSPS) is 35.2. The molecule has 2 rings (SSSR count). The van der Waals surface area contributed by atoms with Crippen LogP contribution in [0.1, 0.15) is 45.4 Å². The zero-order valence-corrected chi connectivity index (χ0v) is 12.4. The molecule has 0 spiro atoms. The Kier molecular flexibility index (Phi) is 4.91. The fourth-order valence-corrected chi connectivity index (χ4v) is 3.52. The molecule has 2 saturated carbocycles. The Morgan fingerprint density at radius 1 is 1.25 bits per heavy atom. The molecule has 0 N–H and O–H groups in total. The van der Waals surface area contributed by atoms with Gasteiger partial charge in [0.05, 0.1) is 24.9 Å². The second-order valence-corrected chi connectivity index (χ2v) is 6.20. The lowest BCUT2D eigenvalue weighted by atomic mass is 9.80. The average molecular weight is 338 g/mol. The van der Waals surface area contributed by atoms with E-state index in [0.29, 0.717) is 6.10 Å². The minimum absolute atomic E-state index is 0.158. The Labute approximate surface area is 113 Å². The fraction of sp³-hybridized carbons (Fsp3) is 1.00. The number of alkyl halides is 1. The Bertz CT molecular complexity index is 218. The van der Waals surface area contributed by atoms with Gasteiger partial charge in [-0.3, -0.25) is 0 Å². The maximum Gasteiger partial charge on any atom is 0.0775 e. The van der Waals surface area contributed by atoms with E-state index < -0.39 is 0 Å². The predicted molar refractivity (Wildman–Crippen MR) is 74.2 cm³/mol. The lowest BCUT2D eigenvalue weighted by molar-refractivity contribution is -0.0818. The highest BCUT2D eigenvalue weighted by atomic mass is 127. The number of rotatable bonds is 6. The molecule has 2 unspecified atom stereocenters. The van der Waals surface area contributed by atoms with Gasteiger partial charge in [0.1, 0.15) is 0 Å². The molecule has 0 saturated heterocycles. The molecule has 0 heterocycles. The van der Waals surface area contributed by atoms with E-state index in [1.807, 2.05) is 0 Å². The highest BCUT2D eigenvalue weighted by Crippen LogP contribution is 2.36. The van der Waals surface area contributed by atoms with Crippen molar-refractivity contribution in [1.29, 1.82) is 0 Å². The van der Waals surface area contributed by atoms with Crippen molar-refractivity contribution >= 4 is 22.6 Å². The van der Waals surface area contributed by atoms with Gasteiger partial charge in [0.15, 0.2) is 0 Å². The first-order chi connectivity index (χ1) is 7.74. The number of halogens is 1. The van der Waals surface area contributed by atoms with Crippen molar-refractivity contribution in [2.24, 2.45) is 5.92 Å². The smallest absolute Gasteiger partial charge is 0.0775 e. The van der Waals surface area contributed by atoms with Gasteiger partial charge in [0, 0.05) is 4.43 Å². The van der Waals surface area contributed by atoms with Gasteiger partial charge in [-0.2, -0.15) is 0 Å². The Morgan fingerprint density at radius 3 is 2.69 bits per heavy atom. The molecule has 3 heteroatoms. The lowest BCUT2D eigenvalue weighted by Crippen LogP contribution is -2.40. The molecule has 94 valence electrons. The minimum Gasteiger partial charge on any atom is -0.376 e. The zero-order chi connectivity index (χ0) is 11.4. The predicted octanol–water partition coefficient (Wildman–Crippen LogP) is 3.57. The summed E-state index contributed by atoms with van der Waals surface area (Å²) in [6.07, 6.45) is 8.25. The van der Waals surface area contributed by atoms with Crippen LogP contribution in [0.3, 0.4) is 0 Å². The van der Waals surface area contributed by atoms with E-state index >= 15 is 0 Å². The maximum atomic E-state index is 6.14. The van der Waals surface area contributed by atoms with E-state index in [-0.39, 0.29) is 5.60 Å². The van der Waals surface area contributed by atoms with E-state index in [0.717, 1.165) is 23.6 Å². The van der Waals surface area contributed by atoms with E-state index in [1.165, 1.54) is 38.5 Å². The number of hydrogen-bond acceptors (Lipinski definition) is 2. The summed E-state index contributed by atoms with van der Waals surface area (Å²) in [4.78, 5) is 0. The standard InChI is InChI=1S/C13H23IO2/c1-11-3-2-6-13(9-11,10-14)16-8-7-15-12-4-5-12/h11-12H,2-10H2,1H3. The largest absolute Gasteiger partial charge is 0.376 e. The van der Waals surface area contributed by atoms with Crippen molar-refractivity contribution in [2.75, 3.05) is 17.6 Å². The monoisotopic (exact) mass is 338 g/mol. The molecule has 2 aliphatic carbocycles. The molecule has 2 nitrogen and oxygen atoms in total. The van der Waals surface area contributed by atoms with Gasteiger partial charge in [-0.05, 0) is 31.6 Å². The van der Waals surface area contributed by atoms with E-state index in [9.17, 15) is 0 Å². The first-order valence-electron chi connectivity index (χ1n) is 6.56. The third-order valence-corrected chi connectivity index (χ3v) is 5.05. The fourth-order valence-electron chi connectivity index (χ4n) is 2.61. The van der Waals surface area contributed by atoms with E-state index in [2.05, 4.69) is 29.5 Å². The Morgan fingerprint density at radius 2 is 2.06 bits per heavy atom.